The number of nitrogens with zero attached hydrogens (tertiary/aromatic N) is 4. The summed E-state index contributed by atoms with van der Waals surface area (Å²) in [7, 11) is 3.37. The van der Waals surface area contributed by atoms with Gasteiger partial charge in [0.1, 0.15) is 43.9 Å². The molecule has 3 aliphatic heterocycles. The number of rotatable bonds is 7. The largest absolute Gasteiger partial charge is 0.543 e. The van der Waals surface area contributed by atoms with Crippen molar-refractivity contribution in [2.75, 3.05) is 32.2 Å². The highest BCUT2D eigenvalue weighted by atomic mass is 32.2. The fraction of sp³-hybridized carbons (Fsp3) is 0.348. The number of likely N-dealkylation sites (N-methyl/N-ethyl adjacent to an activating group) is 1. The van der Waals surface area contributed by atoms with Crippen LogP contribution < -0.4 is 16.2 Å². The van der Waals surface area contributed by atoms with E-state index in [4.69, 9.17) is 10.6 Å². The van der Waals surface area contributed by atoms with Gasteiger partial charge in [-0.1, -0.05) is 29.4 Å². The molecule has 188 valence electrons. The van der Waals surface area contributed by atoms with Gasteiger partial charge in [-0.25, -0.2) is 4.98 Å². The Morgan fingerprint density at radius 3 is 2.61 bits per heavy atom. The van der Waals surface area contributed by atoms with Crippen molar-refractivity contribution in [2.45, 2.75) is 24.5 Å². The number of carboxylic acids is 1. The maximum atomic E-state index is 13.1. The monoisotopic (exact) mass is 528 g/mol. The summed E-state index contributed by atoms with van der Waals surface area (Å²) in [4.78, 5) is 48.2. The Kier molecular flexibility index (Phi) is 6.22. The molecule has 2 atom stereocenters. The van der Waals surface area contributed by atoms with E-state index < -0.39 is 29.2 Å². The first-order valence-corrected chi connectivity index (χ1v) is 13.1. The number of aromatic nitrogens is 1. The zero-order chi connectivity index (χ0) is 25.6. The summed E-state index contributed by atoms with van der Waals surface area (Å²) in [5.41, 5.74) is 8.81. The molecule has 1 saturated heterocycles. The number of benzene rings is 1. The predicted molar refractivity (Wildman–Crippen MR) is 132 cm³/mol. The van der Waals surface area contributed by atoms with E-state index in [0.29, 0.717) is 22.4 Å². The van der Waals surface area contributed by atoms with Crippen molar-refractivity contribution in [3.8, 4) is 0 Å². The molecule has 2 amide bonds. The Morgan fingerprint density at radius 2 is 2.03 bits per heavy atom. The van der Waals surface area contributed by atoms with Gasteiger partial charge in [0.05, 0.1) is 18.7 Å². The quantitative estimate of drug-likeness (QED) is 0.214. The molecular formula is C23H24N6O5S2. The molecule has 13 heteroatoms. The average molecular weight is 529 g/mol. The topological polar surface area (TPSA) is 150 Å². The number of carbonyl (C=O) groups is 3. The third-order valence-corrected chi connectivity index (χ3v) is 8.50. The van der Waals surface area contributed by atoms with Crippen molar-refractivity contribution in [1.82, 2.24) is 15.2 Å². The van der Waals surface area contributed by atoms with Gasteiger partial charge in [0.2, 0.25) is 0 Å². The Labute approximate surface area is 215 Å². The van der Waals surface area contributed by atoms with E-state index in [-0.39, 0.29) is 22.2 Å². The number of β-lactam (4-membered cyclic amide) rings is 1. The molecule has 0 spiro atoms. The molecule has 5 rings (SSSR count). The van der Waals surface area contributed by atoms with Crippen LogP contribution in [0.4, 0.5) is 5.13 Å². The second kappa shape index (κ2) is 9.22. The highest BCUT2D eigenvalue weighted by Gasteiger charge is 2.54. The lowest BCUT2D eigenvalue weighted by Gasteiger charge is -2.51. The molecule has 0 bridgehead atoms. The number of nitrogen functional groups attached to an aromatic ring is 1. The van der Waals surface area contributed by atoms with E-state index in [1.165, 1.54) is 34.9 Å². The fourth-order valence-corrected chi connectivity index (χ4v) is 6.90. The minimum atomic E-state index is -1.39. The van der Waals surface area contributed by atoms with Crippen LogP contribution in [0.1, 0.15) is 16.8 Å². The molecule has 1 unspecified atom stereocenters. The molecular weight excluding hydrogens is 504 g/mol. The zero-order valence-corrected chi connectivity index (χ0v) is 21.2. The van der Waals surface area contributed by atoms with Crippen molar-refractivity contribution in [3.05, 3.63) is 57.7 Å². The number of amides is 2. The molecule has 3 aliphatic rings. The van der Waals surface area contributed by atoms with Crippen molar-refractivity contribution >= 4 is 51.7 Å². The normalized spacial score (nSPS) is 22.6. The zero-order valence-electron chi connectivity index (χ0n) is 19.6. The first-order chi connectivity index (χ1) is 17.2. The number of nitrogens with two attached hydrogens (primary N) is 1. The van der Waals surface area contributed by atoms with Gasteiger partial charge >= 0.3 is 0 Å². The van der Waals surface area contributed by atoms with Crippen LogP contribution in [0.15, 0.2) is 46.1 Å². The molecule has 0 radical (unpaired) electrons. The number of thiazole rings is 1. The van der Waals surface area contributed by atoms with Gasteiger partial charge in [-0.15, -0.1) is 23.1 Å². The number of thioether (sulfide) groups is 1. The van der Waals surface area contributed by atoms with Crippen LogP contribution in [0.25, 0.3) is 0 Å². The van der Waals surface area contributed by atoms with E-state index >= 15 is 0 Å². The number of aliphatic carboxylic acids is 1. The predicted octanol–water partition coefficient (Wildman–Crippen LogP) is -0.360. The number of hydrogen-bond donors (Lipinski definition) is 2. The smallest absolute Gasteiger partial charge is 0.276 e. The van der Waals surface area contributed by atoms with Crippen LogP contribution >= 0.6 is 23.1 Å². The highest BCUT2D eigenvalue weighted by Crippen LogP contribution is 2.41. The summed E-state index contributed by atoms with van der Waals surface area (Å²) in [6.45, 7) is 2.04. The van der Waals surface area contributed by atoms with Gasteiger partial charge < -0.3 is 30.3 Å². The highest BCUT2D eigenvalue weighted by molar-refractivity contribution is 8.00. The van der Waals surface area contributed by atoms with Crippen LogP contribution in [0.3, 0.4) is 0 Å². The lowest BCUT2D eigenvalue weighted by molar-refractivity contribution is -0.924. The summed E-state index contributed by atoms with van der Waals surface area (Å²) in [6, 6.07) is 7.26. The maximum Gasteiger partial charge on any atom is 0.276 e. The van der Waals surface area contributed by atoms with Crippen LogP contribution in [-0.4, -0.2) is 75.7 Å². The fourth-order valence-electron chi connectivity index (χ4n) is 5.01. The van der Waals surface area contributed by atoms with Gasteiger partial charge in [-0.3, -0.25) is 14.5 Å². The number of carbonyl (C=O) groups excluding carboxylic acids is 3. The summed E-state index contributed by atoms with van der Waals surface area (Å²) in [5.74, 6) is -2.16. The van der Waals surface area contributed by atoms with E-state index in [2.05, 4.69) is 34.6 Å². The minimum Gasteiger partial charge on any atom is -0.543 e. The van der Waals surface area contributed by atoms with Crippen LogP contribution in [-0.2, 0) is 32.3 Å². The molecule has 0 aliphatic carbocycles. The Hall–Kier alpha value is -3.42. The second-order valence-electron chi connectivity index (χ2n) is 9.16. The molecule has 1 aromatic heterocycles. The molecule has 11 nitrogen and oxygen atoms in total. The van der Waals surface area contributed by atoms with E-state index in [1.54, 1.807) is 5.38 Å². The summed E-state index contributed by atoms with van der Waals surface area (Å²) in [5, 5.41) is 19.8. The molecule has 1 aromatic carbocycles. The number of anilines is 1. The van der Waals surface area contributed by atoms with E-state index in [1.807, 2.05) is 12.1 Å². The van der Waals surface area contributed by atoms with Gasteiger partial charge in [0.15, 0.2) is 10.8 Å². The first kappa shape index (κ1) is 24.3. The molecule has 3 N–H and O–H groups in total. The summed E-state index contributed by atoms with van der Waals surface area (Å²) in [6.07, 6.45) is 0. The Balaban J connectivity index is 1.34. The van der Waals surface area contributed by atoms with Gasteiger partial charge in [0, 0.05) is 27.8 Å². The SMILES string of the molecule is CO/N=C(\C(=O)NC1C(=O)N2C(C(=O)[O-])=C(C[N+]3(C)Cc4ccccc4C3)CS[C@H]12)c1csc(N)n1. The van der Waals surface area contributed by atoms with Crippen molar-refractivity contribution in [3.63, 3.8) is 0 Å². The number of hydrogen-bond acceptors (Lipinski definition) is 10. The van der Waals surface area contributed by atoms with Crippen LogP contribution in [0.2, 0.25) is 0 Å². The lowest BCUT2D eigenvalue weighted by Crippen LogP contribution is -2.71. The van der Waals surface area contributed by atoms with E-state index in [0.717, 1.165) is 24.4 Å². The van der Waals surface area contributed by atoms with Gasteiger partial charge in [0.25, 0.3) is 11.8 Å². The maximum absolute atomic E-state index is 13.1. The number of fused-ring (bicyclic) bond motifs is 2. The lowest BCUT2D eigenvalue weighted by atomic mass is 10.0. The summed E-state index contributed by atoms with van der Waals surface area (Å²) >= 11 is 2.55. The van der Waals surface area contributed by atoms with Gasteiger partial charge in [-0.2, -0.15) is 0 Å². The molecule has 4 heterocycles. The van der Waals surface area contributed by atoms with Crippen molar-refractivity contribution in [2.24, 2.45) is 5.16 Å². The standard InChI is InChI=1S/C23H24N6O5S2/c1-29(7-12-5-3-4-6-13(12)8-29)9-14-10-35-21-17(20(31)28(21)18(14)22(32)33)26-19(30)16(27-34-2)15-11-36-23(24)25-15/h3-6,11,17,21H,7-10H2,1-2H3,(H3-,24,25,26,30,32,33)/b27-16-/t17?,21-/m1/s1. The van der Waals surface area contributed by atoms with Crippen molar-refractivity contribution in [1.29, 1.82) is 0 Å². The number of carboxylic acid groups (broad SMARTS) is 1. The number of oxime groups is 1. The average Bonchev–Trinajstić information content (AvgIpc) is 3.42. The third kappa shape index (κ3) is 4.22. The molecule has 0 saturated carbocycles. The van der Waals surface area contributed by atoms with Crippen molar-refractivity contribution < 1.29 is 28.8 Å². The minimum absolute atomic E-state index is 0.0948. The number of nitrogens with one attached hydrogen (secondary N) is 1. The molecule has 2 aromatic rings. The summed E-state index contributed by atoms with van der Waals surface area (Å²) < 4.78 is 0.618. The Morgan fingerprint density at radius 1 is 1.33 bits per heavy atom. The van der Waals surface area contributed by atoms with Crippen LogP contribution in [0, 0.1) is 0 Å². The third-order valence-electron chi connectivity index (χ3n) is 6.48. The Bertz CT molecular complexity index is 1300. The molecule has 1 fully saturated rings. The van der Waals surface area contributed by atoms with Gasteiger partial charge in [-0.05, 0) is 0 Å². The number of quaternary nitrogens is 1. The molecule has 36 heavy (non-hydrogen) atoms. The second-order valence-corrected chi connectivity index (χ2v) is 11.2. The first-order valence-electron chi connectivity index (χ1n) is 11.1. The van der Waals surface area contributed by atoms with E-state index in [9.17, 15) is 19.5 Å². The van der Waals surface area contributed by atoms with Crippen LogP contribution in [0.5, 0.6) is 0 Å².